The lowest BCUT2D eigenvalue weighted by Gasteiger charge is -2.22. The van der Waals surface area contributed by atoms with Crippen LogP contribution in [0.15, 0.2) is 12.4 Å². The van der Waals surface area contributed by atoms with E-state index in [-0.39, 0.29) is 5.78 Å². The number of ketones is 1. The molecule has 1 fully saturated rings. The number of hydrogen-bond donors (Lipinski definition) is 2. The molecular weight excluding hydrogens is 240 g/mol. The van der Waals surface area contributed by atoms with E-state index in [4.69, 9.17) is 0 Å². The highest BCUT2D eigenvalue weighted by atomic mass is 16.1. The quantitative estimate of drug-likeness (QED) is 0.824. The standard InChI is InChI=1S/C14H22N4O/c1-11(19)8-15-13-7-14(18-10-17-13)16-9-12-5-3-2-4-6-12/h7,10,12H,2-6,8-9H2,1H3,(H2,15,16,17,18). The van der Waals surface area contributed by atoms with Crippen molar-refractivity contribution >= 4 is 17.4 Å². The van der Waals surface area contributed by atoms with Gasteiger partial charge in [0.1, 0.15) is 23.7 Å². The third kappa shape index (κ3) is 4.85. The number of rotatable bonds is 6. The van der Waals surface area contributed by atoms with Crippen LogP contribution in [0.4, 0.5) is 11.6 Å². The minimum Gasteiger partial charge on any atom is -0.370 e. The van der Waals surface area contributed by atoms with E-state index in [0.717, 1.165) is 18.3 Å². The lowest BCUT2D eigenvalue weighted by molar-refractivity contribution is -0.115. The smallest absolute Gasteiger partial charge is 0.148 e. The molecule has 0 bridgehead atoms. The Morgan fingerprint density at radius 1 is 1.21 bits per heavy atom. The molecule has 0 amide bonds. The molecule has 0 unspecified atom stereocenters. The fraction of sp³-hybridized carbons (Fsp3) is 0.643. The summed E-state index contributed by atoms with van der Waals surface area (Å²) >= 11 is 0. The van der Waals surface area contributed by atoms with E-state index in [1.54, 1.807) is 6.92 Å². The molecule has 0 aromatic carbocycles. The SMILES string of the molecule is CC(=O)CNc1cc(NCC2CCCCC2)ncn1. The predicted molar refractivity (Wildman–Crippen MR) is 76.3 cm³/mol. The van der Waals surface area contributed by atoms with Crippen molar-refractivity contribution in [2.24, 2.45) is 5.92 Å². The van der Waals surface area contributed by atoms with Crippen LogP contribution in [0.2, 0.25) is 0 Å². The number of carbonyl (C=O) groups is 1. The maximum atomic E-state index is 10.9. The number of carbonyl (C=O) groups excluding carboxylic acids is 1. The summed E-state index contributed by atoms with van der Waals surface area (Å²) in [5, 5.41) is 6.35. The maximum Gasteiger partial charge on any atom is 0.148 e. The minimum atomic E-state index is 0.0929. The van der Waals surface area contributed by atoms with Crippen molar-refractivity contribution in [2.75, 3.05) is 23.7 Å². The molecule has 1 aliphatic carbocycles. The summed E-state index contributed by atoms with van der Waals surface area (Å²) in [5.74, 6) is 2.37. The van der Waals surface area contributed by atoms with Gasteiger partial charge in [-0.3, -0.25) is 4.79 Å². The minimum absolute atomic E-state index is 0.0929. The number of nitrogens with one attached hydrogen (secondary N) is 2. The molecule has 1 aromatic heterocycles. The van der Waals surface area contributed by atoms with Crippen molar-refractivity contribution in [2.45, 2.75) is 39.0 Å². The second kappa shape index (κ2) is 7.07. The molecule has 5 nitrogen and oxygen atoms in total. The van der Waals surface area contributed by atoms with Gasteiger partial charge in [0.05, 0.1) is 6.54 Å². The van der Waals surface area contributed by atoms with Crippen LogP contribution in [-0.2, 0) is 4.79 Å². The summed E-state index contributed by atoms with van der Waals surface area (Å²) in [4.78, 5) is 19.2. The fourth-order valence-corrected chi connectivity index (χ4v) is 2.41. The third-order valence-electron chi connectivity index (χ3n) is 3.48. The first-order chi connectivity index (χ1) is 9.24. The zero-order valence-electron chi connectivity index (χ0n) is 11.5. The second-order valence-electron chi connectivity index (χ2n) is 5.23. The van der Waals surface area contributed by atoms with Gasteiger partial charge in [-0.25, -0.2) is 9.97 Å². The third-order valence-corrected chi connectivity index (χ3v) is 3.48. The van der Waals surface area contributed by atoms with Crippen molar-refractivity contribution in [1.82, 2.24) is 9.97 Å². The van der Waals surface area contributed by atoms with Crippen molar-refractivity contribution in [3.05, 3.63) is 12.4 Å². The van der Waals surface area contributed by atoms with Crippen molar-refractivity contribution in [1.29, 1.82) is 0 Å². The summed E-state index contributed by atoms with van der Waals surface area (Å²) in [6.45, 7) is 2.83. The average molecular weight is 262 g/mol. The highest BCUT2D eigenvalue weighted by Gasteiger charge is 2.13. The van der Waals surface area contributed by atoms with Gasteiger partial charge < -0.3 is 10.6 Å². The Hall–Kier alpha value is -1.65. The predicted octanol–water partition coefficient (Wildman–Crippen LogP) is 2.47. The molecule has 1 aliphatic rings. The largest absolute Gasteiger partial charge is 0.370 e. The first kappa shape index (κ1) is 13.8. The van der Waals surface area contributed by atoms with Crippen molar-refractivity contribution in [3.63, 3.8) is 0 Å². The summed E-state index contributed by atoms with van der Waals surface area (Å²) < 4.78 is 0. The monoisotopic (exact) mass is 262 g/mol. The van der Waals surface area contributed by atoms with Crippen LogP contribution in [0.5, 0.6) is 0 Å². The summed E-state index contributed by atoms with van der Waals surface area (Å²) in [5.41, 5.74) is 0. The lowest BCUT2D eigenvalue weighted by atomic mass is 9.89. The van der Waals surface area contributed by atoms with Crippen LogP contribution in [0.25, 0.3) is 0 Å². The molecule has 1 aromatic rings. The second-order valence-corrected chi connectivity index (χ2v) is 5.23. The van der Waals surface area contributed by atoms with Gasteiger partial charge in [-0.1, -0.05) is 19.3 Å². The number of anilines is 2. The molecule has 2 rings (SSSR count). The van der Waals surface area contributed by atoms with E-state index >= 15 is 0 Å². The Balaban J connectivity index is 1.82. The van der Waals surface area contributed by atoms with Gasteiger partial charge >= 0.3 is 0 Å². The van der Waals surface area contributed by atoms with E-state index in [2.05, 4.69) is 20.6 Å². The lowest BCUT2D eigenvalue weighted by Crippen LogP contribution is -2.18. The normalized spacial score (nSPS) is 16.1. The van der Waals surface area contributed by atoms with Gasteiger partial charge in [-0.05, 0) is 25.7 Å². The van der Waals surface area contributed by atoms with Crippen LogP contribution in [0.3, 0.4) is 0 Å². The molecule has 19 heavy (non-hydrogen) atoms. The topological polar surface area (TPSA) is 66.9 Å². The van der Waals surface area contributed by atoms with E-state index in [0.29, 0.717) is 12.4 Å². The molecule has 0 saturated heterocycles. The fourth-order valence-electron chi connectivity index (χ4n) is 2.41. The number of aromatic nitrogens is 2. The molecule has 5 heteroatoms. The van der Waals surface area contributed by atoms with E-state index in [1.165, 1.54) is 38.4 Å². The molecule has 0 spiro atoms. The van der Waals surface area contributed by atoms with E-state index in [9.17, 15) is 4.79 Å². The Bertz CT molecular complexity index is 416. The molecule has 1 heterocycles. The average Bonchev–Trinajstić information content (AvgIpc) is 2.44. The highest BCUT2D eigenvalue weighted by molar-refractivity contribution is 5.80. The van der Waals surface area contributed by atoms with Crippen LogP contribution >= 0.6 is 0 Å². The van der Waals surface area contributed by atoms with Gasteiger partial charge in [0, 0.05) is 12.6 Å². The van der Waals surface area contributed by atoms with E-state index in [1.807, 2.05) is 6.07 Å². The van der Waals surface area contributed by atoms with Crippen molar-refractivity contribution < 1.29 is 4.79 Å². The van der Waals surface area contributed by atoms with Crippen molar-refractivity contribution in [3.8, 4) is 0 Å². The molecule has 0 atom stereocenters. The van der Waals surface area contributed by atoms with Gasteiger partial charge in [0.15, 0.2) is 0 Å². The van der Waals surface area contributed by atoms with E-state index < -0.39 is 0 Å². The van der Waals surface area contributed by atoms with Gasteiger partial charge in [-0.2, -0.15) is 0 Å². The number of hydrogen-bond acceptors (Lipinski definition) is 5. The van der Waals surface area contributed by atoms with Gasteiger partial charge in [-0.15, -0.1) is 0 Å². The molecular formula is C14H22N4O. The van der Waals surface area contributed by atoms with Gasteiger partial charge in [0.2, 0.25) is 0 Å². The summed E-state index contributed by atoms with van der Waals surface area (Å²) in [7, 11) is 0. The first-order valence-electron chi connectivity index (χ1n) is 7.03. The van der Waals surface area contributed by atoms with Crippen LogP contribution < -0.4 is 10.6 Å². The van der Waals surface area contributed by atoms with Crippen LogP contribution in [0.1, 0.15) is 39.0 Å². The summed E-state index contributed by atoms with van der Waals surface area (Å²) in [6, 6.07) is 1.85. The zero-order chi connectivity index (χ0) is 13.5. The number of nitrogens with zero attached hydrogens (tertiary/aromatic N) is 2. The Kier molecular flexibility index (Phi) is 5.12. The van der Waals surface area contributed by atoms with Crippen LogP contribution in [0, 0.1) is 5.92 Å². The van der Waals surface area contributed by atoms with Gasteiger partial charge in [0.25, 0.3) is 0 Å². The molecule has 1 saturated carbocycles. The first-order valence-corrected chi connectivity index (χ1v) is 7.03. The molecule has 104 valence electrons. The Labute approximate surface area is 114 Å². The molecule has 0 radical (unpaired) electrons. The molecule has 0 aliphatic heterocycles. The highest BCUT2D eigenvalue weighted by Crippen LogP contribution is 2.23. The molecule has 2 N–H and O–H groups in total. The number of Topliss-reactive ketones (excluding diaryl/α,β-unsaturated/α-hetero) is 1. The Morgan fingerprint density at radius 2 is 1.89 bits per heavy atom. The summed E-state index contributed by atoms with van der Waals surface area (Å²) in [6.07, 6.45) is 8.22. The maximum absolute atomic E-state index is 10.9. The Morgan fingerprint density at radius 3 is 2.58 bits per heavy atom. The van der Waals surface area contributed by atoms with Crippen LogP contribution in [-0.4, -0.2) is 28.8 Å². The zero-order valence-corrected chi connectivity index (χ0v) is 11.5.